The Hall–Kier alpha value is -1.02. The van der Waals surface area contributed by atoms with Gasteiger partial charge >= 0.3 is 0 Å². The molecule has 106 valence electrons. The number of benzene rings is 1. The second-order valence-electron chi connectivity index (χ2n) is 6.02. The Kier molecular flexibility index (Phi) is 5.26. The zero-order valence-corrected chi connectivity index (χ0v) is 12.5. The van der Waals surface area contributed by atoms with Crippen molar-refractivity contribution < 1.29 is 4.74 Å². The van der Waals surface area contributed by atoms with Gasteiger partial charge in [0.1, 0.15) is 5.75 Å². The standard InChI is InChI=1S/C17H27NO/c1-4-18-16(10-9-13(2)3)15-11-14-7-5-6-8-17(14)19-12-15/h5-8,13,15-16,18H,4,9-12H2,1-3H3. The molecule has 1 heterocycles. The molecule has 0 amide bonds. The second-order valence-corrected chi connectivity index (χ2v) is 6.02. The molecule has 0 saturated heterocycles. The topological polar surface area (TPSA) is 21.3 Å². The first-order valence-electron chi connectivity index (χ1n) is 7.64. The smallest absolute Gasteiger partial charge is 0.122 e. The lowest BCUT2D eigenvalue weighted by Crippen LogP contribution is -2.41. The molecule has 1 aliphatic heterocycles. The highest BCUT2D eigenvalue weighted by Gasteiger charge is 2.26. The number of hydrogen-bond donors (Lipinski definition) is 1. The third-order valence-corrected chi connectivity index (χ3v) is 4.00. The molecule has 2 heteroatoms. The molecule has 0 aromatic heterocycles. The Morgan fingerprint density at radius 2 is 2.05 bits per heavy atom. The Morgan fingerprint density at radius 1 is 1.26 bits per heavy atom. The number of nitrogens with one attached hydrogen (secondary N) is 1. The minimum atomic E-state index is 0.584. The molecule has 0 radical (unpaired) electrons. The average Bonchev–Trinajstić information content (AvgIpc) is 2.42. The van der Waals surface area contributed by atoms with Gasteiger partial charge in [0.25, 0.3) is 0 Å². The second kappa shape index (κ2) is 6.95. The summed E-state index contributed by atoms with van der Waals surface area (Å²) in [6, 6.07) is 9.04. The van der Waals surface area contributed by atoms with E-state index in [9.17, 15) is 0 Å². The maximum atomic E-state index is 5.93. The summed E-state index contributed by atoms with van der Waals surface area (Å²) in [7, 11) is 0. The van der Waals surface area contributed by atoms with Crippen LogP contribution >= 0.6 is 0 Å². The quantitative estimate of drug-likeness (QED) is 0.844. The summed E-state index contributed by atoms with van der Waals surface area (Å²) in [6.07, 6.45) is 3.68. The van der Waals surface area contributed by atoms with Gasteiger partial charge in [-0.15, -0.1) is 0 Å². The SMILES string of the molecule is CCNC(CCC(C)C)C1COc2ccccc2C1. The maximum absolute atomic E-state index is 5.93. The molecule has 0 fully saturated rings. The summed E-state index contributed by atoms with van der Waals surface area (Å²) in [5.74, 6) is 2.46. The fourth-order valence-corrected chi connectivity index (χ4v) is 2.89. The highest BCUT2D eigenvalue weighted by atomic mass is 16.5. The molecular formula is C17H27NO. The van der Waals surface area contributed by atoms with E-state index in [2.05, 4.69) is 50.4 Å². The van der Waals surface area contributed by atoms with Gasteiger partial charge in [-0.25, -0.2) is 0 Å². The molecular weight excluding hydrogens is 234 g/mol. The van der Waals surface area contributed by atoms with Crippen molar-refractivity contribution in [2.75, 3.05) is 13.2 Å². The normalized spacial score (nSPS) is 19.9. The minimum Gasteiger partial charge on any atom is -0.493 e. The van der Waals surface area contributed by atoms with E-state index in [0.717, 1.165) is 31.2 Å². The van der Waals surface area contributed by atoms with Gasteiger partial charge in [-0.2, -0.15) is 0 Å². The van der Waals surface area contributed by atoms with Crippen molar-refractivity contribution in [1.29, 1.82) is 0 Å². The minimum absolute atomic E-state index is 0.584. The van der Waals surface area contributed by atoms with Crippen LogP contribution in [0.5, 0.6) is 5.75 Å². The fraction of sp³-hybridized carbons (Fsp3) is 0.647. The number of hydrogen-bond acceptors (Lipinski definition) is 2. The van der Waals surface area contributed by atoms with Gasteiger partial charge < -0.3 is 10.1 Å². The third-order valence-electron chi connectivity index (χ3n) is 4.00. The predicted molar refractivity (Wildman–Crippen MR) is 80.7 cm³/mol. The van der Waals surface area contributed by atoms with Crippen LogP contribution in [0.2, 0.25) is 0 Å². The fourth-order valence-electron chi connectivity index (χ4n) is 2.89. The molecule has 1 aliphatic rings. The van der Waals surface area contributed by atoms with Crippen LogP contribution in [0.15, 0.2) is 24.3 Å². The lowest BCUT2D eigenvalue weighted by molar-refractivity contribution is 0.176. The van der Waals surface area contributed by atoms with Crippen molar-refractivity contribution in [1.82, 2.24) is 5.32 Å². The highest BCUT2D eigenvalue weighted by molar-refractivity contribution is 5.35. The maximum Gasteiger partial charge on any atom is 0.122 e. The first-order chi connectivity index (χ1) is 9.20. The van der Waals surface area contributed by atoms with Crippen LogP contribution in [0.25, 0.3) is 0 Å². The summed E-state index contributed by atoms with van der Waals surface area (Å²) in [4.78, 5) is 0. The molecule has 1 aromatic carbocycles. The van der Waals surface area contributed by atoms with Gasteiger partial charge in [-0.1, -0.05) is 39.0 Å². The first kappa shape index (κ1) is 14.4. The van der Waals surface area contributed by atoms with Gasteiger partial charge in [-0.05, 0) is 43.4 Å². The Bertz CT molecular complexity index is 389. The summed E-state index contributed by atoms with van der Waals surface area (Å²) in [6.45, 7) is 8.69. The molecule has 0 bridgehead atoms. The first-order valence-corrected chi connectivity index (χ1v) is 7.64. The molecule has 2 rings (SSSR count). The molecule has 1 aromatic rings. The molecule has 2 unspecified atom stereocenters. The third kappa shape index (κ3) is 3.97. The van der Waals surface area contributed by atoms with Gasteiger partial charge in [0.05, 0.1) is 6.61 Å². The van der Waals surface area contributed by atoms with Crippen molar-refractivity contribution in [2.45, 2.75) is 46.1 Å². The van der Waals surface area contributed by atoms with Crippen molar-refractivity contribution >= 4 is 0 Å². The van der Waals surface area contributed by atoms with Crippen molar-refractivity contribution in [2.24, 2.45) is 11.8 Å². The summed E-state index contributed by atoms with van der Waals surface area (Å²) in [5.41, 5.74) is 1.37. The van der Waals surface area contributed by atoms with Crippen LogP contribution < -0.4 is 10.1 Å². The molecule has 2 atom stereocenters. The van der Waals surface area contributed by atoms with Gasteiger partial charge in [0.15, 0.2) is 0 Å². The van der Waals surface area contributed by atoms with Crippen molar-refractivity contribution in [3.63, 3.8) is 0 Å². The Morgan fingerprint density at radius 3 is 2.79 bits per heavy atom. The highest BCUT2D eigenvalue weighted by Crippen LogP contribution is 2.29. The van der Waals surface area contributed by atoms with Crippen LogP contribution in [0.4, 0.5) is 0 Å². The van der Waals surface area contributed by atoms with Crippen molar-refractivity contribution in [3.05, 3.63) is 29.8 Å². The molecule has 2 nitrogen and oxygen atoms in total. The number of ether oxygens (including phenoxy) is 1. The van der Waals surface area contributed by atoms with Gasteiger partial charge in [-0.3, -0.25) is 0 Å². The number of para-hydroxylation sites is 1. The number of fused-ring (bicyclic) bond motifs is 1. The lowest BCUT2D eigenvalue weighted by Gasteiger charge is -2.32. The van der Waals surface area contributed by atoms with E-state index in [1.165, 1.54) is 18.4 Å². The number of rotatable bonds is 6. The molecule has 0 saturated carbocycles. The van der Waals surface area contributed by atoms with Crippen LogP contribution in [-0.4, -0.2) is 19.2 Å². The summed E-state index contributed by atoms with van der Waals surface area (Å²) >= 11 is 0. The summed E-state index contributed by atoms with van der Waals surface area (Å²) in [5, 5.41) is 3.66. The van der Waals surface area contributed by atoms with Crippen LogP contribution in [0, 0.1) is 11.8 Å². The van der Waals surface area contributed by atoms with E-state index in [0.29, 0.717) is 12.0 Å². The average molecular weight is 261 g/mol. The largest absolute Gasteiger partial charge is 0.493 e. The van der Waals surface area contributed by atoms with E-state index >= 15 is 0 Å². The molecule has 1 N–H and O–H groups in total. The Labute approximate surface area is 117 Å². The zero-order valence-electron chi connectivity index (χ0n) is 12.5. The van der Waals surface area contributed by atoms with E-state index in [-0.39, 0.29) is 0 Å². The predicted octanol–water partition coefficient (Wildman–Crippen LogP) is 3.65. The van der Waals surface area contributed by atoms with E-state index in [1.54, 1.807) is 0 Å². The van der Waals surface area contributed by atoms with Crippen LogP contribution in [0.1, 0.15) is 39.2 Å². The molecule has 0 aliphatic carbocycles. The molecule has 0 spiro atoms. The lowest BCUT2D eigenvalue weighted by atomic mass is 9.86. The van der Waals surface area contributed by atoms with E-state index in [1.807, 2.05) is 0 Å². The van der Waals surface area contributed by atoms with Crippen LogP contribution in [-0.2, 0) is 6.42 Å². The van der Waals surface area contributed by atoms with Crippen molar-refractivity contribution in [3.8, 4) is 5.75 Å². The van der Waals surface area contributed by atoms with Crippen LogP contribution in [0.3, 0.4) is 0 Å². The molecule has 19 heavy (non-hydrogen) atoms. The van der Waals surface area contributed by atoms with E-state index < -0.39 is 0 Å². The van der Waals surface area contributed by atoms with Gasteiger partial charge in [0.2, 0.25) is 0 Å². The van der Waals surface area contributed by atoms with E-state index in [4.69, 9.17) is 4.74 Å². The summed E-state index contributed by atoms with van der Waals surface area (Å²) < 4.78 is 5.93. The Balaban J connectivity index is 1.99. The zero-order chi connectivity index (χ0) is 13.7. The monoisotopic (exact) mass is 261 g/mol. The van der Waals surface area contributed by atoms with Gasteiger partial charge in [0, 0.05) is 12.0 Å².